The molecule has 0 spiro atoms. The van der Waals surface area contributed by atoms with Gasteiger partial charge >= 0.3 is 0 Å². The molecule has 0 fully saturated rings. The van der Waals surface area contributed by atoms with Gasteiger partial charge in [0.2, 0.25) is 0 Å². The third kappa shape index (κ3) is 3.57. The highest BCUT2D eigenvalue weighted by molar-refractivity contribution is 5.28. The quantitative estimate of drug-likeness (QED) is 0.872. The molecular weight excluding hydrogens is 252 g/mol. The summed E-state index contributed by atoms with van der Waals surface area (Å²) < 4.78 is 7.05. The first kappa shape index (κ1) is 14.5. The van der Waals surface area contributed by atoms with Gasteiger partial charge < -0.3 is 10.5 Å². The van der Waals surface area contributed by atoms with Crippen molar-refractivity contribution in [3.8, 4) is 5.75 Å². The number of methoxy groups -OCH3 is 1. The summed E-state index contributed by atoms with van der Waals surface area (Å²) in [7, 11) is 1.67. The summed E-state index contributed by atoms with van der Waals surface area (Å²) in [6.07, 6.45) is 3.07. The molecule has 1 atom stereocenters. The Bertz CT molecular complexity index is 545. The van der Waals surface area contributed by atoms with Crippen LogP contribution in [0.5, 0.6) is 5.75 Å². The molecule has 5 heteroatoms. The molecule has 0 saturated heterocycles. The van der Waals surface area contributed by atoms with E-state index in [0.717, 1.165) is 24.5 Å². The summed E-state index contributed by atoms with van der Waals surface area (Å²) in [5.41, 5.74) is 7.26. The van der Waals surface area contributed by atoms with Gasteiger partial charge in [0.15, 0.2) is 0 Å². The molecule has 108 valence electrons. The minimum atomic E-state index is -0.353. The number of ether oxygens (including phenoxy) is 1. The van der Waals surface area contributed by atoms with Gasteiger partial charge in [0.05, 0.1) is 7.11 Å². The van der Waals surface area contributed by atoms with Gasteiger partial charge in [-0.2, -0.15) is 5.10 Å². The number of hydrogen-bond acceptors (Lipinski definition) is 4. The Kier molecular flexibility index (Phi) is 4.39. The van der Waals surface area contributed by atoms with Crippen molar-refractivity contribution in [1.82, 2.24) is 14.8 Å². The predicted molar refractivity (Wildman–Crippen MR) is 78.7 cm³/mol. The number of aryl methyl sites for hydroxylation is 1. The molecular formula is C15H22N4O. The molecule has 2 rings (SSSR count). The number of benzene rings is 1. The van der Waals surface area contributed by atoms with E-state index in [4.69, 9.17) is 10.5 Å². The SMILES string of the molecule is CCn1ncnc1CC(C)(N)Cc1ccc(OC)cc1. The van der Waals surface area contributed by atoms with E-state index in [9.17, 15) is 0 Å². The molecule has 0 aliphatic carbocycles. The Hall–Kier alpha value is -1.88. The summed E-state index contributed by atoms with van der Waals surface area (Å²) in [4.78, 5) is 4.29. The van der Waals surface area contributed by atoms with Gasteiger partial charge in [0.25, 0.3) is 0 Å². The molecule has 0 amide bonds. The van der Waals surface area contributed by atoms with Crippen LogP contribution >= 0.6 is 0 Å². The summed E-state index contributed by atoms with van der Waals surface area (Å²) >= 11 is 0. The average Bonchev–Trinajstić information content (AvgIpc) is 2.85. The fourth-order valence-electron chi connectivity index (χ4n) is 2.32. The fourth-order valence-corrected chi connectivity index (χ4v) is 2.32. The zero-order valence-electron chi connectivity index (χ0n) is 12.3. The van der Waals surface area contributed by atoms with Crippen molar-refractivity contribution in [2.75, 3.05) is 7.11 Å². The molecule has 1 aromatic heterocycles. The van der Waals surface area contributed by atoms with Gasteiger partial charge in [-0.15, -0.1) is 0 Å². The van der Waals surface area contributed by atoms with Gasteiger partial charge in [-0.25, -0.2) is 4.98 Å². The number of nitrogens with two attached hydrogens (primary N) is 1. The number of hydrogen-bond donors (Lipinski definition) is 1. The van der Waals surface area contributed by atoms with Crippen LogP contribution in [0.15, 0.2) is 30.6 Å². The van der Waals surface area contributed by atoms with Crippen molar-refractivity contribution in [2.24, 2.45) is 5.73 Å². The highest BCUT2D eigenvalue weighted by atomic mass is 16.5. The van der Waals surface area contributed by atoms with Crippen LogP contribution in [-0.4, -0.2) is 27.4 Å². The second-order valence-electron chi connectivity index (χ2n) is 5.35. The van der Waals surface area contributed by atoms with Gasteiger partial charge in [-0.3, -0.25) is 4.68 Å². The largest absolute Gasteiger partial charge is 0.497 e. The maximum absolute atomic E-state index is 6.42. The van der Waals surface area contributed by atoms with Crippen LogP contribution in [0.1, 0.15) is 25.2 Å². The van der Waals surface area contributed by atoms with E-state index >= 15 is 0 Å². The standard InChI is InChI=1S/C15H22N4O/c1-4-19-14(17-11-18-19)10-15(2,16)9-12-5-7-13(20-3)8-6-12/h5-8,11H,4,9-10,16H2,1-3H3. The van der Waals surface area contributed by atoms with E-state index in [1.807, 2.05) is 23.7 Å². The molecule has 0 aliphatic heterocycles. The highest BCUT2D eigenvalue weighted by Gasteiger charge is 2.22. The lowest BCUT2D eigenvalue weighted by Gasteiger charge is -2.24. The van der Waals surface area contributed by atoms with Gasteiger partial charge in [0, 0.05) is 18.5 Å². The van der Waals surface area contributed by atoms with Crippen LogP contribution in [0.2, 0.25) is 0 Å². The topological polar surface area (TPSA) is 66.0 Å². The lowest BCUT2D eigenvalue weighted by molar-refractivity contribution is 0.413. The Morgan fingerprint density at radius 1 is 1.25 bits per heavy atom. The van der Waals surface area contributed by atoms with Crippen LogP contribution in [0.25, 0.3) is 0 Å². The second-order valence-corrected chi connectivity index (χ2v) is 5.35. The fraction of sp³-hybridized carbons (Fsp3) is 0.467. The first-order valence-electron chi connectivity index (χ1n) is 6.82. The monoisotopic (exact) mass is 274 g/mol. The van der Waals surface area contributed by atoms with Crippen molar-refractivity contribution in [3.63, 3.8) is 0 Å². The highest BCUT2D eigenvalue weighted by Crippen LogP contribution is 2.18. The average molecular weight is 274 g/mol. The zero-order valence-corrected chi connectivity index (χ0v) is 12.3. The molecule has 1 aromatic carbocycles. The summed E-state index contributed by atoms with van der Waals surface area (Å²) in [5.74, 6) is 1.80. The molecule has 2 N–H and O–H groups in total. The second kappa shape index (κ2) is 6.05. The first-order valence-corrected chi connectivity index (χ1v) is 6.82. The van der Waals surface area contributed by atoms with Crippen LogP contribution < -0.4 is 10.5 Å². The molecule has 1 heterocycles. The van der Waals surface area contributed by atoms with Crippen molar-refractivity contribution >= 4 is 0 Å². The molecule has 20 heavy (non-hydrogen) atoms. The lowest BCUT2D eigenvalue weighted by Crippen LogP contribution is -2.41. The Morgan fingerprint density at radius 2 is 1.95 bits per heavy atom. The smallest absolute Gasteiger partial charge is 0.138 e. The molecule has 0 bridgehead atoms. The first-order chi connectivity index (χ1) is 9.54. The number of rotatable bonds is 6. The maximum Gasteiger partial charge on any atom is 0.138 e. The van der Waals surface area contributed by atoms with Crippen LogP contribution in [0.4, 0.5) is 0 Å². The third-order valence-electron chi connectivity index (χ3n) is 3.32. The van der Waals surface area contributed by atoms with E-state index in [-0.39, 0.29) is 5.54 Å². The molecule has 2 aromatic rings. The van der Waals surface area contributed by atoms with Crippen LogP contribution in [0.3, 0.4) is 0 Å². The molecule has 0 radical (unpaired) electrons. The van der Waals surface area contributed by atoms with E-state index in [2.05, 4.69) is 29.1 Å². The maximum atomic E-state index is 6.42. The lowest BCUT2D eigenvalue weighted by atomic mass is 9.90. The summed E-state index contributed by atoms with van der Waals surface area (Å²) in [5, 5.41) is 4.18. The normalized spacial score (nSPS) is 14.0. The van der Waals surface area contributed by atoms with Crippen LogP contribution in [-0.2, 0) is 19.4 Å². The van der Waals surface area contributed by atoms with E-state index in [1.54, 1.807) is 13.4 Å². The minimum Gasteiger partial charge on any atom is -0.497 e. The van der Waals surface area contributed by atoms with Crippen molar-refractivity contribution in [3.05, 3.63) is 42.0 Å². The van der Waals surface area contributed by atoms with E-state index in [0.29, 0.717) is 6.42 Å². The summed E-state index contributed by atoms with van der Waals surface area (Å²) in [6.45, 7) is 4.91. The van der Waals surface area contributed by atoms with E-state index in [1.165, 1.54) is 5.56 Å². The van der Waals surface area contributed by atoms with Gasteiger partial charge in [-0.05, 0) is 38.0 Å². The molecule has 0 aliphatic rings. The molecule has 1 unspecified atom stereocenters. The Balaban J connectivity index is 2.06. The Morgan fingerprint density at radius 3 is 2.55 bits per heavy atom. The molecule has 5 nitrogen and oxygen atoms in total. The van der Waals surface area contributed by atoms with Crippen molar-refractivity contribution < 1.29 is 4.74 Å². The van der Waals surface area contributed by atoms with Crippen LogP contribution in [0, 0.1) is 0 Å². The molecule has 0 saturated carbocycles. The third-order valence-corrected chi connectivity index (χ3v) is 3.32. The van der Waals surface area contributed by atoms with Crippen molar-refractivity contribution in [2.45, 2.75) is 38.8 Å². The predicted octanol–water partition coefficient (Wildman–Crippen LogP) is 1.81. The number of aromatic nitrogens is 3. The summed E-state index contributed by atoms with van der Waals surface area (Å²) in [6, 6.07) is 8.02. The minimum absolute atomic E-state index is 0.353. The Labute approximate surface area is 119 Å². The van der Waals surface area contributed by atoms with Gasteiger partial charge in [-0.1, -0.05) is 12.1 Å². The van der Waals surface area contributed by atoms with Gasteiger partial charge in [0.1, 0.15) is 17.9 Å². The number of nitrogens with zero attached hydrogens (tertiary/aromatic N) is 3. The van der Waals surface area contributed by atoms with E-state index < -0.39 is 0 Å². The zero-order chi connectivity index (χ0) is 14.6. The van der Waals surface area contributed by atoms with Crippen molar-refractivity contribution in [1.29, 1.82) is 0 Å².